The minimum atomic E-state index is -0.393. The Morgan fingerprint density at radius 3 is 2.56 bits per heavy atom. The van der Waals surface area contributed by atoms with Crippen molar-refractivity contribution in [3.05, 3.63) is 64.7 Å². The summed E-state index contributed by atoms with van der Waals surface area (Å²) >= 11 is 0. The third kappa shape index (κ3) is 4.80. The largest absolute Gasteiger partial charge is 0.467 e. The molecule has 32 heavy (non-hydrogen) atoms. The smallest absolute Gasteiger partial charge is 0.316 e. The normalized spacial score (nSPS) is 18.3. The van der Waals surface area contributed by atoms with Crippen molar-refractivity contribution in [2.45, 2.75) is 20.3 Å². The second kappa shape index (κ2) is 9.21. The molecule has 1 amide bonds. The molecule has 4 rings (SSSR count). The zero-order valence-corrected chi connectivity index (χ0v) is 18.5. The summed E-state index contributed by atoms with van der Waals surface area (Å²) in [5.41, 5.74) is 2.55. The molecule has 1 aliphatic heterocycles. The van der Waals surface area contributed by atoms with E-state index < -0.39 is 5.56 Å². The molecule has 1 fully saturated rings. The van der Waals surface area contributed by atoms with E-state index in [1.807, 2.05) is 12.1 Å². The standard InChI is InChI=1S/C24H27N5O3/c1-15-10-16(2)14-29(13-15)19-6-4-17(5-7-19)22(30)27-21-11-18(12-26-23(21)31)20-8-9-25-24(28-20)32-3/h4-9,11-12,15-16H,10,13-14H2,1-3H3,(H,26,31)(H,27,30). The second-order valence-electron chi connectivity index (χ2n) is 8.41. The van der Waals surface area contributed by atoms with Gasteiger partial charge in [-0.2, -0.15) is 4.98 Å². The van der Waals surface area contributed by atoms with E-state index in [1.54, 1.807) is 30.5 Å². The number of carbonyl (C=O) groups excluding carboxylic acids is 1. The number of anilines is 2. The number of ether oxygens (including phenoxy) is 1. The number of H-pyrrole nitrogens is 1. The second-order valence-corrected chi connectivity index (χ2v) is 8.41. The summed E-state index contributed by atoms with van der Waals surface area (Å²) in [6.45, 7) is 6.58. The Kier molecular flexibility index (Phi) is 6.20. The third-order valence-electron chi connectivity index (χ3n) is 5.63. The maximum atomic E-state index is 12.8. The number of rotatable bonds is 5. The fraction of sp³-hybridized carbons (Fsp3) is 0.333. The molecule has 166 valence electrons. The predicted molar refractivity (Wildman–Crippen MR) is 124 cm³/mol. The van der Waals surface area contributed by atoms with Crippen LogP contribution in [0.3, 0.4) is 0 Å². The van der Waals surface area contributed by atoms with Crippen molar-refractivity contribution in [2.24, 2.45) is 11.8 Å². The van der Waals surface area contributed by atoms with Crippen molar-refractivity contribution < 1.29 is 9.53 Å². The Hall–Kier alpha value is -3.68. The molecule has 0 saturated carbocycles. The zero-order valence-electron chi connectivity index (χ0n) is 18.5. The summed E-state index contributed by atoms with van der Waals surface area (Å²) in [7, 11) is 1.48. The van der Waals surface area contributed by atoms with Gasteiger partial charge in [0.1, 0.15) is 5.69 Å². The average Bonchev–Trinajstić information content (AvgIpc) is 2.80. The van der Waals surface area contributed by atoms with Crippen molar-refractivity contribution in [1.82, 2.24) is 15.0 Å². The van der Waals surface area contributed by atoms with Crippen LogP contribution in [0, 0.1) is 11.8 Å². The topological polar surface area (TPSA) is 100 Å². The van der Waals surface area contributed by atoms with Crippen molar-refractivity contribution in [3.63, 3.8) is 0 Å². The molecular formula is C24H27N5O3. The summed E-state index contributed by atoms with van der Waals surface area (Å²) in [4.78, 5) is 38.3. The lowest BCUT2D eigenvalue weighted by Gasteiger charge is -2.36. The van der Waals surface area contributed by atoms with Gasteiger partial charge in [-0.3, -0.25) is 9.59 Å². The van der Waals surface area contributed by atoms with Gasteiger partial charge in [0.2, 0.25) is 0 Å². The van der Waals surface area contributed by atoms with Gasteiger partial charge in [0, 0.05) is 42.3 Å². The molecule has 0 bridgehead atoms. The number of aromatic nitrogens is 3. The van der Waals surface area contributed by atoms with Crippen LogP contribution in [0.5, 0.6) is 6.01 Å². The number of nitrogens with one attached hydrogen (secondary N) is 2. The number of hydrogen-bond acceptors (Lipinski definition) is 6. The fourth-order valence-corrected chi connectivity index (χ4v) is 4.22. The molecule has 0 spiro atoms. The van der Waals surface area contributed by atoms with Gasteiger partial charge in [0.05, 0.1) is 12.8 Å². The number of nitrogens with zero attached hydrogens (tertiary/aromatic N) is 3. The van der Waals surface area contributed by atoms with Crippen LogP contribution < -0.4 is 20.5 Å². The van der Waals surface area contributed by atoms with Crippen molar-refractivity contribution >= 4 is 17.3 Å². The molecule has 3 heterocycles. The van der Waals surface area contributed by atoms with E-state index in [9.17, 15) is 9.59 Å². The van der Waals surface area contributed by atoms with E-state index in [0.717, 1.165) is 18.8 Å². The Morgan fingerprint density at radius 2 is 1.88 bits per heavy atom. The molecular weight excluding hydrogens is 406 g/mol. The van der Waals surface area contributed by atoms with E-state index >= 15 is 0 Å². The molecule has 0 radical (unpaired) electrons. The molecule has 2 atom stereocenters. The molecule has 2 N–H and O–H groups in total. The average molecular weight is 434 g/mol. The summed E-state index contributed by atoms with van der Waals surface area (Å²) in [6, 6.07) is 11.0. The number of methoxy groups -OCH3 is 1. The van der Waals surface area contributed by atoms with Crippen LogP contribution in [0.25, 0.3) is 11.3 Å². The van der Waals surface area contributed by atoms with Crippen LogP contribution in [-0.2, 0) is 0 Å². The maximum Gasteiger partial charge on any atom is 0.316 e. The number of carbonyl (C=O) groups is 1. The lowest BCUT2D eigenvalue weighted by molar-refractivity contribution is 0.102. The molecule has 1 saturated heterocycles. The maximum absolute atomic E-state index is 12.8. The quantitative estimate of drug-likeness (QED) is 0.638. The van der Waals surface area contributed by atoms with Gasteiger partial charge >= 0.3 is 6.01 Å². The first-order valence-electron chi connectivity index (χ1n) is 10.7. The highest BCUT2D eigenvalue weighted by Gasteiger charge is 2.22. The van der Waals surface area contributed by atoms with Gasteiger partial charge in [-0.25, -0.2) is 4.98 Å². The first-order valence-corrected chi connectivity index (χ1v) is 10.7. The van der Waals surface area contributed by atoms with Crippen molar-refractivity contribution in [3.8, 4) is 17.3 Å². The first kappa shape index (κ1) is 21.5. The predicted octanol–water partition coefficient (Wildman–Crippen LogP) is 3.58. The molecule has 0 aliphatic carbocycles. The van der Waals surface area contributed by atoms with Gasteiger partial charge in [0.25, 0.3) is 11.5 Å². The van der Waals surface area contributed by atoms with Crippen LogP contribution in [0.2, 0.25) is 0 Å². The van der Waals surface area contributed by atoms with Crippen LogP contribution in [0.1, 0.15) is 30.6 Å². The number of pyridine rings is 1. The van der Waals surface area contributed by atoms with Crippen LogP contribution in [-0.4, -0.2) is 41.1 Å². The molecule has 1 aliphatic rings. The lowest BCUT2D eigenvalue weighted by atomic mass is 9.91. The van der Waals surface area contributed by atoms with E-state index in [1.165, 1.54) is 19.7 Å². The number of piperidine rings is 1. The summed E-state index contributed by atoms with van der Waals surface area (Å²) in [6.07, 6.45) is 4.34. The van der Waals surface area contributed by atoms with E-state index in [2.05, 4.69) is 39.0 Å². The summed E-state index contributed by atoms with van der Waals surface area (Å²) in [5.74, 6) is 0.950. The van der Waals surface area contributed by atoms with Gasteiger partial charge in [0.15, 0.2) is 0 Å². The molecule has 8 nitrogen and oxygen atoms in total. The minimum absolute atomic E-state index is 0.146. The highest BCUT2D eigenvalue weighted by molar-refractivity contribution is 6.04. The van der Waals surface area contributed by atoms with Gasteiger partial charge in [-0.15, -0.1) is 0 Å². The highest BCUT2D eigenvalue weighted by Crippen LogP contribution is 2.26. The Morgan fingerprint density at radius 1 is 1.16 bits per heavy atom. The first-order chi connectivity index (χ1) is 15.4. The monoisotopic (exact) mass is 433 g/mol. The highest BCUT2D eigenvalue weighted by atomic mass is 16.5. The number of hydrogen-bond donors (Lipinski definition) is 2. The van der Waals surface area contributed by atoms with Gasteiger partial charge in [-0.1, -0.05) is 13.8 Å². The Bertz CT molecular complexity index is 1150. The van der Waals surface area contributed by atoms with E-state index in [0.29, 0.717) is 28.7 Å². The molecule has 2 aromatic heterocycles. The van der Waals surface area contributed by atoms with Gasteiger partial charge < -0.3 is 19.9 Å². The zero-order chi connectivity index (χ0) is 22.7. The molecule has 1 aromatic carbocycles. The number of benzene rings is 1. The van der Waals surface area contributed by atoms with Crippen molar-refractivity contribution in [2.75, 3.05) is 30.4 Å². The van der Waals surface area contributed by atoms with Gasteiger partial charge in [-0.05, 0) is 54.7 Å². The minimum Gasteiger partial charge on any atom is -0.467 e. The van der Waals surface area contributed by atoms with Crippen LogP contribution >= 0.6 is 0 Å². The van der Waals surface area contributed by atoms with Crippen molar-refractivity contribution in [1.29, 1.82) is 0 Å². The van der Waals surface area contributed by atoms with Crippen LogP contribution in [0.15, 0.2) is 53.6 Å². The summed E-state index contributed by atoms with van der Waals surface area (Å²) in [5, 5.41) is 2.71. The summed E-state index contributed by atoms with van der Waals surface area (Å²) < 4.78 is 5.05. The SMILES string of the molecule is COc1nccc(-c2c[nH]c(=O)c(NC(=O)c3ccc(N4CC(C)CC(C)C4)cc3)c2)n1. The number of amides is 1. The molecule has 3 aromatic rings. The number of aromatic amines is 1. The molecule has 8 heteroatoms. The Labute approximate surface area is 186 Å². The van der Waals surface area contributed by atoms with Crippen LogP contribution in [0.4, 0.5) is 11.4 Å². The van der Waals surface area contributed by atoms with E-state index in [-0.39, 0.29) is 17.6 Å². The third-order valence-corrected chi connectivity index (χ3v) is 5.63. The van der Waals surface area contributed by atoms with E-state index in [4.69, 9.17) is 4.74 Å². The Balaban J connectivity index is 1.50. The fourth-order valence-electron chi connectivity index (χ4n) is 4.22. The molecule has 2 unspecified atom stereocenters. The lowest BCUT2D eigenvalue weighted by Crippen LogP contribution is -2.38.